The maximum atomic E-state index is 13.5. The van der Waals surface area contributed by atoms with E-state index in [0.29, 0.717) is 33.1 Å². The lowest BCUT2D eigenvalue weighted by Crippen LogP contribution is -2.45. The van der Waals surface area contributed by atoms with Gasteiger partial charge in [-0.05, 0) is 72.6 Å². The Kier molecular flexibility index (Phi) is 4.88. The maximum Gasteiger partial charge on any atom is 0.259 e. The number of hydrogen-bond donors (Lipinski definition) is 0. The quantitative estimate of drug-likeness (QED) is 0.422. The monoisotopic (exact) mass is 500 g/mol. The van der Waals surface area contributed by atoms with Crippen LogP contribution in [0.5, 0.6) is 0 Å². The molecule has 3 fully saturated rings. The first-order valence-corrected chi connectivity index (χ1v) is 12.0. The molecule has 0 aromatic heterocycles. The normalized spacial score (nSPS) is 30.9. The number of hydrogen-bond acceptors (Lipinski definition) is 3. The summed E-state index contributed by atoms with van der Waals surface area (Å²) in [7, 11) is 0. The number of anilines is 1. The third kappa shape index (κ3) is 3.24. The molecule has 7 rings (SSSR count). The average Bonchev–Trinajstić information content (AvgIpc) is 3.59. The van der Waals surface area contributed by atoms with E-state index < -0.39 is 5.91 Å². The smallest absolute Gasteiger partial charge is 0.259 e. The third-order valence-electron chi connectivity index (χ3n) is 7.59. The van der Waals surface area contributed by atoms with E-state index in [1.807, 2.05) is 0 Å². The third-order valence-corrected chi connectivity index (χ3v) is 8.58. The highest BCUT2D eigenvalue weighted by molar-refractivity contribution is 6.42. The highest BCUT2D eigenvalue weighted by Gasteiger charge is 2.67. The van der Waals surface area contributed by atoms with Gasteiger partial charge < -0.3 is 0 Å². The first kappa shape index (κ1) is 21.2. The van der Waals surface area contributed by atoms with Crippen LogP contribution in [0, 0.1) is 35.5 Å². The fourth-order valence-electron chi connectivity index (χ4n) is 5.97. The molecule has 0 N–H and O–H groups in total. The molecule has 0 unspecified atom stereocenters. The summed E-state index contributed by atoms with van der Waals surface area (Å²) in [6.07, 6.45) is 5.36. The second-order valence-corrected chi connectivity index (χ2v) is 10.5. The molecule has 168 valence electrons. The first-order valence-electron chi connectivity index (χ1n) is 10.9. The van der Waals surface area contributed by atoms with Crippen LogP contribution in [0.1, 0.15) is 16.8 Å². The molecule has 0 radical (unpaired) electrons. The van der Waals surface area contributed by atoms with E-state index in [-0.39, 0.29) is 47.2 Å². The van der Waals surface area contributed by atoms with Gasteiger partial charge in [0.2, 0.25) is 11.8 Å². The molecule has 1 heterocycles. The van der Waals surface area contributed by atoms with E-state index in [4.69, 9.17) is 34.8 Å². The zero-order valence-electron chi connectivity index (χ0n) is 17.3. The van der Waals surface area contributed by atoms with Crippen LogP contribution in [0.25, 0.3) is 0 Å². The highest BCUT2D eigenvalue weighted by Crippen LogP contribution is 2.65. The second kappa shape index (κ2) is 7.59. The topological polar surface area (TPSA) is 57.7 Å². The van der Waals surface area contributed by atoms with E-state index in [1.165, 1.54) is 15.9 Å². The largest absolute Gasteiger partial charge is 0.290 e. The zero-order chi connectivity index (χ0) is 23.0. The minimum Gasteiger partial charge on any atom is -0.290 e. The SMILES string of the molecule is O=C1[C@H]2[C@@H]3C=C[C@@H]([C@H]4C[C@H]34)[C@@H]2C(=O)N1CN(C(=O)c1ccc(Cl)c(Cl)c1)c1ccc(Cl)cc1. The minimum absolute atomic E-state index is 0.126. The molecule has 2 saturated carbocycles. The van der Waals surface area contributed by atoms with Gasteiger partial charge in [-0.1, -0.05) is 47.0 Å². The summed E-state index contributed by atoms with van der Waals surface area (Å²) in [5.74, 6) is -0.109. The van der Waals surface area contributed by atoms with E-state index >= 15 is 0 Å². The molecule has 0 spiro atoms. The van der Waals surface area contributed by atoms with Crippen molar-refractivity contribution < 1.29 is 14.4 Å². The minimum atomic E-state index is -0.393. The van der Waals surface area contributed by atoms with Crippen molar-refractivity contribution in [2.45, 2.75) is 6.42 Å². The lowest BCUT2D eigenvalue weighted by atomic mass is 9.63. The molecule has 4 aliphatic carbocycles. The van der Waals surface area contributed by atoms with Crippen LogP contribution in [0.2, 0.25) is 15.1 Å². The van der Waals surface area contributed by atoms with Crippen molar-refractivity contribution in [2.75, 3.05) is 11.6 Å². The van der Waals surface area contributed by atoms with Crippen LogP contribution in [-0.4, -0.2) is 29.3 Å². The molecular weight excluding hydrogens is 483 g/mol. The van der Waals surface area contributed by atoms with Gasteiger partial charge in [0.15, 0.2) is 0 Å². The van der Waals surface area contributed by atoms with Gasteiger partial charge in [-0.25, -0.2) is 0 Å². The Hall–Kier alpha value is -2.34. The number of nitrogens with zero attached hydrogens (tertiary/aromatic N) is 2. The van der Waals surface area contributed by atoms with Gasteiger partial charge in [0.05, 0.1) is 21.9 Å². The number of halogens is 3. The number of rotatable bonds is 4. The summed E-state index contributed by atoms with van der Waals surface area (Å²) in [5.41, 5.74) is 0.828. The molecule has 6 atom stereocenters. The summed E-state index contributed by atoms with van der Waals surface area (Å²) in [6, 6.07) is 11.3. The summed E-state index contributed by atoms with van der Waals surface area (Å²) in [4.78, 5) is 43.1. The van der Waals surface area contributed by atoms with Crippen LogP contribution in [-0.2, 0) is 9.59 Å². The van der Waals surface area contributed by atoms with E-state index in [9.17, 15) is 14.4 Å². The van der Waals surface area contributed by atoms with Gasteiger partial charge >= 0.3 is 0 Å². The van der Waals surface area contributed by atoms with Crippen molar-refractivity contribution in [1.29, 1.82) is 0 Å². The number of likely N-dealkylation sites (tertiary alicyclic amines) is 1. The number of benzene rings is 2. The van der Waals surface area contributed by atoms with E-state index in [2.05, 4.69) is 12.2 Å². The Morgan fingerprint density at radius 1 is 0.879 bits per heavy atom. The molecule has 2 bridgehead atoms. The highest BCUT2D eigenvalue weighted by atomic mass is 35.5. The van der Waals surface area contributed by atoms with Crippen molar-refractivity contribution in [1.82, 2.24) is 4.90 Å². The molecule has 2 aromatic carbocycles. The number of carbonyl (C=O) groups is 3. The predicted octanol–water partition coefficient (Wildman–Crippen LogP) is 5.30. The second-order valence-electron chi connectivity index (χ2n) is 9.24. The summed E-state index contributed by atoms with van der Waals surface area (Å²) in [5, 5.41) is 1.10. The van der Waals surface area contributed by atoms with Gasteiger partial charge in [0.1, 0.15) is 6.67 Å². The molecule has 1 aliphatic heterocycles. The van der Waals surface area contributed by atoms with Crippen molar-refractivity contribution in [2.24, 2.45) is 35.5 Å². The fraction of sp³-hybridized carbons (Fsp3) is 0.320. The fourth-order valence-corrected chi connectivity index (χ4v) is 6.39. The molecule has 1 saturated heterocycles. The number of carbonyl (C=O) groups excluding carboxylic acids is 3. The van der Waals surface area contributed by atoms with Crippen molar-refractivity contribution in [3.63, 3.8) is 0 Å². The summed E-state index contributed by atoms with van der Waals surface area (Å²) in [6.45, 7) is -0.167. The Morgan fingerprint density at radius 3 is 2.06 bits per heavy atom. The van der Waals surface area contributed by atoms with Gasteiger partial charge in [-0.15, -0.1) is 0 Å². The van der Waals surface area contributed by atoms with Crippen LogP contribution in [0.15, 0.2) is 54.6 Å². The number of amides is 3. The Balaban J connectivity index is 1.34. The van der Waals surface area contributed by atoms with Crippen molar-refractivity contribution in [3.8, 4) is 0 Å². The predicted molar refractivity (Wildman–Crippen MR) is 126 cm³/mol. The van der Waals surface area contributed by atoms with Gasteiger partial charge in [-0.2, -0.15) is 0 Å². The van der Waals surface area contributed by atoms with E-state index in [0.717, 1.165) is 6.42 Å². The lowest BCUT2D eigenvalue weighted by molar-refractivity contribution is -0.140. The van der Waals surface area contributed by atoms with Crippen molar-refractivity contribution in [3.05, 3.63) is 75.2 Å². The van der Waals surface area contributed by atoms with Crippen LogP contribution in [0.3, 0.4) is 0 Å². The van der Waals surface area contributed by atoms with Crippen LogP contribution < -0.4 is 4.90 Å². The van der Waals surface area contributed by atoms with Crippen LogP contribution in [0.4, 0.5) is 5.69 Å². The molecular formula is C25H19Cl3N2O3. The average molecular weight is 502 g/mol. The van der Waals surface area contributed by atoms with Crippen molar-refractivity contribution >= 4 is 58.2 Å². The molecule has 33 heavy (non-hydrogen) atoms. The Bertz CT molecular complexity index is 1190. The lowest BCUT2D eigenvalue weighted by Gasteiger charge is -2.37. The molecule has 3 amide bonds. The first-order chi connectivity index (χ1) is 15.8. The van der Waals surface area contributed by atoms with Gasteiger partial charge in [0, 0.05) is 16.3 Å². The summed E-state index contributed by atoms with van der Waals surface area (Å²) < 4.78 is 0. The molecule has 8 heteroatoms. The van der Waals surface area contributed by atoms with Crippen LogP contribution >= 0.6 is 34.8 Å². The van der Waals surface area contributed by atoms with Gasteiger partial charge in [-0.3, -0.25) is 24.2 Å². The molecule has 2 aromatic rings. The standard InChI is InChI=1S/C25H19Cl3N2O3/c26-13-2-4-14(5-3-13)29(23(31)12-1-8-19(27)20(28)9-12)11-30-24(32)21-15-6-7-16(18-10-17(15)18)22(21)25(30)33/h1-9,15-18,21-22H,10-11H2/t15-,16+,17-,18-,21+,22+/m1/s1. The maximum absolute atomic E-state index is 13.5. The number of allylic oxidation sites excluding steroid dienone is 2. The summed E-state index contributed by atoms with van der Waals surface area (Å²) >= 11 is 18.2. The Labute approximate surface area is 205 Å². The number of imide groups is 1. The Morgan fingerprint density at radius 2 is 1.48 bits per heavy atom. The molecule has 5 aliphatic rings. The van der Waals surface area contributed by atoms with E-state index in [1.54, 1.807) is 36.4 Å². The molecule has 5 nitrogen and oxygen atoms in total. The zero-order valence-corrected chi connectivity index (χ0v) is 19.6. The van der Waals surface area contributed by atoms with Gasteiger partial charge in [0.25, 0.3) is 5.91 Å².